The third kappa shape index (κ3) is 1.70. The van der Waals surface area contributed by atoms with Gasteiger partial charge >= 0.3 is 0 Å². The predicted octanol–water partition coefficient (Wildman–Crippen LogP) is 3.10. The molecule has 0 saturated heterocycles. The third-order valence-electron chi connectivity index (χ3n) is 2.01. The Kier molecular flexibility index (Phi) is 2.37. The van der Waals surface area contributed by atoms with Crippen LogP contribution in [0, 0.1) is 6.29 Å². The minimum Gasteiger partial charge on any atom is -0.455 e. The van der Waals surface area contributed by atoms with E-state index in [2.05, 4.69) is 0 Å². The van der Waals surface area contributed by atoms with Crippen molar-refractivity contribution in [3.8, 4) is 5.75 Å². The van der Waals surface area contributed by atoms with E-state index >= 15 is 0 Å². The number of benzene rings is 2. The molecule has 0 amide bonds. The average Bonchev–Trinajstić information content (AvgIpc) is 2.18. The van der Waals surface area contributed by atoms with Crippen LogP contribution in [0.15, 0.2) is 42.5 Å². The lowest BCUT2D eigenvalue weighted by Gasteiger charge is -2.09. The van der Waals surface area contributed by atoms with E-state index in [-0.39, 0.29) is 6.29 Å². The van der Waals surface area contributed by atoms with Gasteiger partial charge < -0.3 is 9.84 Å². The highest BCUT2D eigenvalue weighted by molar-refractivity contribution is 5.88. The normalized spacial score (nSPS) is 10.8. The fraction of sp³-hybridized carbons (Fsp3) is 0.0833. The molecule has 0 aliphatic carbocycles. The number of hydrogen-bond acceptors (Lipinski definition) is 2. The molecule has 1 radical (unpaired) electrons. The molecule has 0 spiro atoms. The zero-order chi connectivity index (χ0) is 9.97. The van der Waals surface area contributed by atoms with Crippen LogP contribution >= 0.6 is 0 Å². The van der Waals surface area contributed by atoms with Crippen molar-refractivity contribution >= 4 is 10.8 Å². The molecule has 0 bridgehead atoms. The Morgan fingerprint density at radius 1 is 1.07 bits per heavy atom. The largest absolute Gasteiger partial charge is 0.455 e. The summed E-state index contributed by atoms with van der Waals surface area (Å²) in [6, 6.07) is 13.6. The second-order valence-corrected chi connectivity index (χ2v) is 3.10. The molecule has 2 rings (SSSR count). The lowest BCUT2D eigenvalue weighted by atomic mass is 10.1. The van der Waals surface area contributed by atoms with Crippen LogP contribution in [0.2, 0.25) is 0 Å². The summed E-state index contributed by atoms with van der Waals surface area (Å²) in [5.74, 6) is 0.683. The maximum atomic E-state index is 9.06. The van der Waals surface area contributed by atoms with Gasteiger partial charge in [-0.2, -0.15) is 0 Å². The zero-order valence-electron chi connectivity index (χ0n) is 7.90. The number of rotatable bonds is 2. The average molecular weight is 187 g/mol. The number of fused-ring (bicyclic) bond motifs is 1. The first-order valence-corrected chi connectivity index (χ1v) is 4.45. The molecule has 71 valence electrons. The van der Waals surface area contributed by atoms with E-state index in [4.69, 9.17) is 9.84 Å². The molecular weight excluding hydrogens is 176 g/mol. The van der Waals surface area contributed by atoms with Crippen LogP contribution in [0.3, 0.4) is 0 Å². The van der Waals surface area contributed by atoms with E-state index in [1.807, 2.05) is 42.5 Å². The Morgan fingerprint density at radius 3 is 2.57 bits per heavy atom. The smallest absolute Gasteiger partial charge is 0.270 e. The maximum Gasteiger partial charge on any atom is 0.270 e. The van der Waals surface area contributed by atoms with Crippen LogP contribution in [-0.2, 0) is 0 Å². The Balaban J connectivity index is 2.53. The van der Waals surface area contributed by atoms with Crippen LogP contribution in [-0.4, -0.2) is 5.11 Å². The second kappa shape index (κ2) is 3.68. The Hall–Kier alpha value is -1.54. The van der Waals surface area contributed by atoms with Crippen molar-refractivity contribution in [1.29, 1.82) is 0 Å². The maximum absolute atomic E-state index is 9.06. The van der Waals surface area contributed by atoms with Gasteiger partial charge in [0, 0.05) is 12.3 Å². The number of ether oxygens (including phenoxy) is 1. The molecule has 0 unspecified atom stereocenters. The van der Waals surface area contributed by atoms with Gasteiger partial charge in [-0.1, -0.05) is 36.4 Å². The van der Waals surface area contributed by atoms with E-state index in [9.17, 15) is 0 Å². The highest BCUT2D eigenvalue weighted by Gasteiger charge is 2.04. The van der Waals surface area contributed by atoms with Gasteiger partial charge in [0.15, 0.2) is 0 Å². The molecule has 0 aromatic heterocycles. The molecule has 0 atom stereocenters. The molecule has 0 saturated carbocycles. The topological polar surface area (TPSA) is 29.5 Å². The number of aliphatic hydroxyl groups is 1. The number of aliphatic hydroxyl groups excluding tert-OH is 1. The lowest BCUT2D eigenvalue weighted by molar-refractivity contribution is 0.115. The monoisotopic (exact) mass is 187 g/mol. The van der Waals surface area contributed by atoms with Gasteiger partial charge in [-0.25, -0.2) is 0 Å². The van der Waals surface area contributed by atoms with Crippen molar-refractivity contribution in [3.05, 3.63) is 48.8 Å². The van der Waals surface area contributed by atoms with Crippen molar-refractivity contribution in [2.24, 2.45) is 0 Å². The van der Waals surface area contributed by atoms with Crippen molar-refractivity contribution in [2.45, 2.75) is 6.92 Å². The molecule has 0 fully saturated rings. The lowest BCUT2D eigenvalue weighted by Crippen LogP contribution is -1.99. The minimum absolute atomic E-state index is 0.0404. The van der Waals surface area contributed by atoms with Gasteiger partial charge in [0.2, 0.25) is 0 Å². The molecule has 2 nitrogen and oxygen atoms in total. The Labute approximate surface area is 82.8 Å². The SMILES string of the molecule is C[C](O)Oc1cccc2ccccc12. The third-order valence-corrected chi connectivity index (χ3v) is 2.01. The summed E-state index contributed by atoms with van der Waals surface area (Å²) in [4.78, 5) is 0. The van der Waals surface area contributed by atoms with Crippen LogP contribution in [0.5, 0.6) is 5.75 Å². The van der Waals surface area contributed by atoms with Gasteiger partial charge in [0.1, 0.15) is 5.75 Å². The highest BCUT2D eigenvalue weighted by atomic mass is 16.6. The van der Waals surface area contributed by atoms with E-state index in [0.29, 0.717) is 5.75 Å². The van der Waals surface area contributed by atoms with Gasteiger partial charge in [-0.05, 0) is 11.5 Å². The van der Waals surface area contributed by atoms with Crippen LogP contribution in [0.4, 0.5) is 0 Å². The summed E-state index contributed by atoms with van der Waals surface area (Å²) in [7, 11) is 0. The molecule has 1 N–H and O–H groups in total. The van der Waals surface area contributed by atoms with E-state index < -0.39 is 0 Å². The molecule has 0 aliphatic rings. The summed E-state index contributed by atoms with van der Waals surface area (Å²) in [5, 5.41) is 11.2. The molecular formula is C12H11O2. The summed E-state index contributed by atoms with van der Waals surface area (Å²) in [5.41, 5.74) is 0. The van der Waals surface area contributed by atoms with Gasteiger partial charge in [0.25, 0.3) is 6.29 Å². The quantitative estimate of drug-likeness (QED) is 0.782. The summed E-state index contributed by atoms with van der Waals surface area (Å²) in [6.07, 6.45) is -0.0404. The first kappa shape index (κ1) is 9.03. The molecule has 14 heavy (non-hydrogen) atoms. The van der Waals surface area contributed by atoms with Crippen LogP contribution < -0.4 is 4.74 Å². The summed E-state index contributed by atoms with van der Waals surface area (Å²) >= 11 is 0. The van der Waals surface area contributed by atoms with Gasteiger partial charge in [-0.15, -0.1) is 0 Å². The Bertz CT molecular complexity index is 430. The van der Waals surface area contributed by atoms with Crippen molar-refractivity contribution in [3.63, 3.8) is 0 Å². The Morgan fingerprint density at radius 2 is 1.79 bits per heavy atom. The standard InChI is InChI=1S/C12H11O2/c1-9(13)14-12-8-4-6-10-5-2-3-7-11(10)12/h2-8,13H,1H3. The molecule has 2 aromatic carbocycles. The molecule has 0 aliphatic heterocycles. The summed E-state index contributed by atoms with van der Waals surface area (Å²) < 4.78 is 5.20. The first-order valence-electron chi connectivity index (χ1n) is 4.45. The van der Waals surface area contributed by atoms with Crippen LogP contribution in [0.1, 0.15) is 6.92 Å². The zero-order valence-corrected chi connectivity index (χ0v) is 7.90. The predicted molar refractivity (Wildman–Crippen MR) is 55.4 cm³/mol. The number of hydrogen-bond donors (Lipinski definition) is 1. The summed E-state index contributed by atoms with van der Waals surface area (Å²) in [6.45, 7) is 1.52. The van der Waals surface area contributed by atoms with E-state index in [1.165, 1.54) is 6.92 Å². The van der Waals surface area contributed by atoms with Crippen molar-refractivity contribution in [2.75, 3.05) is 0 Å². The van der Waals surface area contributed by atoms with Crippen molar-refractivity contribution < 1.29 is 9.84 Å². The van der Waals surface area contributed by atoms with Crippen LogP contribution in [0.25, 0.3) is 10.8 Å². The highest BCUT2D eigenvalue weighted by Crippen LogP contribution is 2.26. The fourth-order valence-corrected chi connectivity index (χ4v) is 1.44. The van der Waals surface area contributed by atoms with Crippen molar-refractivity contribution in [1.82, 2.24) is 0 Å². The van der Waals surface area contributed by atoms with E-state index in [1.54, 1.807) is 0 Å². The van der Waals surface area contributed by atoms with Gasteiger partial charge in [-0.3, -0.25) is 0 Å². The van der Waals surface area contributed by atoms with E-state index in [0.717, 1.165) is 10.8 Å². The molecule has 2 aromatic rings. The second-order valence-electron chi connectivity index (χ2n) is 3.10. The fourth-order valence-electron chi connectivity index (χ4n) is 1.44. The molecule has 0 heterocycles. The molecule has 2 heteroatoms. The first-order chi connectivity index (χ1) is 6.77. The van der Waals surface area contributed by atoms with Gasteiger partial charge in [0.05, 0.1) is 0 Å². The minimum atomic E-state index is -0.0404.